The standard InChI is InChI=1S/C23H19ClFIN2O3/c1-30-21-11-17(13-27-28-22(29)12-15-4-8-19(25)9-5-15)10-20(26)23(21)31-14-16-2-6-18(24)7-3-16/h2-11,13H,12,14H2,1H3,(H,28,29)/b27-13-. The number of nitrogens with zero attached hydrogens (tertiary/aromatic N) is 1. The molecule has 0 saturated heterocycles. The Kier molecular flexibility index (Phi) is 8.25. The molecule has 0 unspecified atom stereocenters. The van der Waals surface area contributed by atoms with E-state index in [1.165, 1.54) is 18.3 Å². The molecule has 31 heavy (non-hydrogen) atoms. The molecule has 0 aliphatic rings. The summed E-state index contributed by atoms with van der Waals surface area (Å²) in [6, 6.07) is 16.8. The highest BCUT2D eigenvalue weighted by Gasteiger charge is 2.12. The van der Waals surface area contributed by atoms with Crippen molar-refractivity contribution >= 4 is 46.3 Å². The minimum Gasteiger partial charge on any atom is -0.493 e. The van der Waals surface area contributed by atoms with Gasteiger partial charge in [0, 0.05) is 5.02 Å². The summed E-state index contributed by atoms with van der Waals surface area (Å²) in [6.45, 7) is 0.371. The maximum Gasteiger partial charge on any atom is 0.244 e. The van der Waals surface area contributed by atoms with Gasteiger partial charge in [-0.15, -0.1) is 0 Å². The largest absolute Gasteiger partial charge is 0.493 e. The van der Waals surface area contributed by atoms with E-state index >= 15 is 0 Å². The second kappa shape index (κ2) is 11.1. The van der Waals surface area contributed by atoms with Gasteiger partial charge in [0.05, 0.1) is 23.3 Å². The third-order valence-corrected chi connectivity index (χ3v) is 5.28. The first-order valence-electron chi connectivity index (χ1n) is 9.25. The number of ether oxygens (including phenoxy) is 2. The maximum atomic E-state index is 12.9. The number of hydrazone groups is 1. The van der Waals surface area contributed by atoms with E-state index in [9.17, 15) is 9.18 Å². The number of nitrogens with one attached hydrogen (secondary N) is 1. The summed E-state index contributed by atoms with van der Waals surface area (Å²) in [5.41, 5.74) is 4.89. The molecule has 160 valence electrons. The molecule has 1 amide bonds. The minimum absolute atomic E-state index is 0.107. The van der Waals surface area contributed by atoms with Crippen LogP contribution in [0.1, 0.15) is 16.7 Å². The Morgan fingerprint density at radius 1 is 1.13 bits per heavy atom. The van der Waals surface area contributed by atoms with Crippen LogP contribution < -0.4 is 14.9 Å². The number of benzene rings is 3. The first-order valence-corrected chi connectivity index (χ1v) is 10.7. The van der Waals surface area contributed by atoms with Gasteiger partial charge in [0.25, 0.3) is 0 Å². The molecule has 0 bridgehead atoms. The molecule has 3 aromatic rings. The van der Waals surface area contributed by atoms with E-state index in [-0.39, 0.29) is 18.1 Å². The number of carbonyl (C=O) groups is 1. The maximum absolute atomic E-state index is 12.9. The normalized spacial score (nSPS) is 10.8. The summed E-state index contributed by atoms with van der Waals surface area (Å²) >= 11 is 8.07. The summed E-state index contributed by atoms with van der Waals surface area (Å²) in [6.07, 6.45) is 1.63. The average Bonchev–Trinajstić information content (AvgIpc) is 2.75. The average molecular weight is 553 g/mol. The Morgan fingerprint density at radius 3 is 2.48 bits per heavy atom. The zero-order valence-corrected chi connectivity index (χ0v) is 19.5. The molecular formula is C23H19ClFIN2O3. The van der Waals surface area contributed by atoms with Crippen molar-refractivity contribution in [1.82, 2.24) is 5.43 Å². The first kappa shape index (κ1) is 23.0. The summed E-state index contributed by atoms with van der Waals surface area (Å²) < 4.78 is 25.2. The molecule has 8 heteroatoms. The van der Waals surface area contributed by atoms with Gasteiger partial charge in [-0.1, -0.05) is 35.9 Å². The molecule has 0 spiro atoms. The zero-order valence-electron chi connectivity index (χ0n) is 16.6. The van der Waals surface area contributed by atoms with Crippen LogP contribution in [0, 0.1) is 9.39 Å². The molecule has 0 radical (unpaired) electrons. The van der Waals surface area contributed by atoms with Crippen LogP contribution in [0.3, 0.4) is 0 Å². The van der Waals surface area contributed by atoms with Crippen molar-refractivity contribution in [3.05, 3.63) is 91.8 Å². The number of rotatable bonds is 8. The lowest BCUT2D eigenvalue weighted by Gasteiger charge is -2.13. The van der Waals surface area contributed by atoms with Gasteiger partial charge in [-0.25, -0.2) is 9.82 Å². The molecule has 0 saturated carbocycles. The topological polar surface area (TPSA) is 59.9 Å². The van der Waals surface area contributed by atoms with Crippen LogP contribution >= 0.6 is 34.2 Å². The van der Waals surface area contributed by atoms with Crippen LogP contribution in [-0.2, 0) is 17.8 Å². The van der Waals surface area contributed by atoms with Gasteiger partial charge in [0.2, 0.25) is 5.91 Å². The summed E-state index contributed by atoms with van der Waals surface area (Å²) in [5.74, 6) is 0.536. The van der Waals surface area contributed by atoms with Crippen LogP contribution in [0.5, 0.6) is 11.5 Å². The molecule has 0 aliphatic carbocycles. The van der Waals surface area contributed by atoms with E-state index in [2.05, 4.69) is 33.1 Å². The quantitative estimate of drug-likeness (QED) is 0.232. The van der Waals surface area contributed by atoms with Gasteiger partial charge in [-0.05, 0) is 75.7 Å². The lowest BCUT2D eigenvalue weighted by Crippen LogP contribution is -2.19. The second-order valence-electron chi connectivity index (χ2n) is 6.55. The van der Waals surface area contributed by atoms with E-state index in [1.807, 2.05) is 30.3 Å². The SMILES string of the molecule is COc1cc(/C=N\NC(=O)Cc2ccc(F)cc2)cc(I)c1OCc1ccc(Cl)cc1. The molecule has 0 fully saturated rings. The Hall–Kier alpha value is -2.65. The summed E-state index contributed by atoms with van der Waals surface area (Å²) in [4.78, 5) is 12.0. The van der Waals surface area contributed by atoms with Gasteiger partial charge in [-0.2, -0.15) is 5.10 Å². The number of methoxy groups -OCH3 is 1. The molecule has 1 N–H and O–H groups in total. The van der Waals surface area contributed by atoms with Gasteiger partial charge < -0.3 is 9.47 Å². The molecule has 0 heterocycles. The second-order valence-corrected chi connectivity index (χ2v) is 8.14. The molecule has 0 atom stereocenters. The van der Waals surface area contributed by atoms with Crippen molar-refractivity contribution in [2.24, 2.45) is 5.10 Å². The number of hydrogen-bond donors (Lipinski definition) is 1. The fourth-order valence-corrected chi connectivity index (χ4v) is 3.60. The summed E-state index contributed by atoms with van der Waals surface area (Å²) in [5, 5.41) is 4.66. The van der Waals surface area contributed by atoms with E-state index < -0.39 is 0 Å². The van der Waals surface area contributed by atoms with Gasteiger partial charge >= 0.3 is 0 Å². The molecule has 0 aliphatic heterocycles. The number of carbonyl (C=O) groups excluding carboxylic acids is 1. The van der Waals surface area contributed by atoms with Gasteiger partial charge in [0.15, 0.2) is 11.5 Å². The minimum atomic E-state index is -0.341. The van der Waals surface area contributed by atoms with Crippen molar-refractivity contribution in [2.45, 2.75) is 13.0 Å². The van der Waals surface area contributed by atoms with Crippen molar-refractivity contribution in [1.29, 1.82) is 0 Å². The van der Waals surface area contributed by atoms with Crippen LogP contribution in [-0.4, -0.2) is 19.2 Å². The van der Waals surface area contributed by atoms with E-state index in [1.54, 1.807) is 25.3 Å². The van der Waals surface area contributed by atoms with E-state index in [0.717, 1.165) is 14.7 Å². The molecule has 5 nitrogen and oxygen atoms in total. The van der Waals surface area contributed by atoms with Crippen LogP contribution in [0.25, 0.3) is 0 Å². The zero-order chi connectivity index (χ0) is 22.2. The van der Waals surface area contributed by atoms with Crippen LogP contribution in [0.2, 0.25) is 5.02 Å². The smallest absolute Gasteiger partial charge is 0.244 e. The number of halogens is 3. The monoisotopic (exact) mass is 552 g/mol. The summed E-state index contributed by atoms with van der Waals surface area (Å²) in [7, 11) is 1.56. The Balaban J connectivity index is 1.62. The molecular weight excluding hydrogens is 534 g/mol. The van der Waals surface area contributed by atoms with Gasteiger partial charge in [0.1, 0.15) is 12.4 Å². The molecule has 0 aromatic heterocycles. The lowest BCUT2D eigenvalue weighted by molar-refractivity contribution is -0.120. The predicted octanol–water partition coefficient (Wildman–Crippen LogP) is 5.36. The van der Waals surface area contributed by atoms with Crippen LogP contribution in [0.4, 0.5) is 4.39 Å². The van der Waals surface area contributed by atoms with Crippen LogP contribution in [0.15, 0.2) is 65.8 Å². The lowest BCUT2D eigenvalue weighted by atomic mass is 10.1. The van der Waals surface area contributed by atoms with Gasteiger partial charge in [-0.3, -0.25) is 4.79 Å². The fourth-order valence-electron chi connectivity index (χ4n) is 2.70. The van der Waals surface area contributed by atoms with E-state index in [4.69, 9.17) is 21.1 Å². The highest BCUT2D eigenvalue weighted by Crippen LogP contribution is 2.34. The predicted molar refractivity (Wildman–Crippen MR) is 127 cm³/mol. The Bertz CT molecular complexity index is 1070. The van der Waals surface area contributed by atoms with Crippen molar-refractivity contribution in [2.75, 3.05) is 7.11 Å². The molecule has 3 aromatic carbocycles. The highest BCUT2D eigenvalue weighted by atomic mass is 127. The van der Waals surface area contributed by atoms with E-state index in [0.29, 0.717) is 28.7 Å². The number of hydrogen-bond acceptors (Lipinski definition) is 4. The first-order chi connectivity index (χ1) is 14.9. The van der Waals surface area contributed by atoms with Crippen molar-refractivity contribution in [3.63, 3.8) is 0 Å². The highest BCUT2D eigenvalue weighted by molar-refractivity contribution is 14.1. The third-order valence-electron chi connectivity index (χ3n) is 4.23. The number of amides is 1. The van der Waals surface area contributed by atoms with Crippen molar-refractivity contribution < 1.29 is 18.7 Å². The Labute approximate surface area is 198 Å². The third kappa shape index (κ3) is 6.93. The molecule has 3 rings (SSSR count). The Morgan fingerprint density at radius 2 is 1.81 bits per heavy atom. The van der Waals surface area contributed by atoms with Crippen molar-refractivity contribution in [3.8, 4) is 11.5 Å². The fraction of sp³-hybridized carbons (Fsp3) is 0.130.